The van der Waals surface area contributed by atoms with Gasteiger partial charge in [0.15, 0.2) is 0 Å². The molecule has 1 aromatic heterocycles. The number of H-pyrrole nitrogens is 1. The molecular formula is C22H18ClN3O2. The van der Waals surface area contributed by atoms with Crippen LogP contribution in [0.2, 0.25) is 5.02 Å². The lowest BCUT2D eigenvalue weighted by molar-refractivity contribution is 0.102. The smallest absolute Gasteiger partial charge is 0.255 e. The summed E-state index contributed by atoms with van der Waals surface area (Å²) in [6.07, 6.45) is 0. The number of hydrogen-bond acceptors (Lipinski definition) is 3. The maximum Gasteiger partial charge on any atom is 0.255 e. The lowest BCUT2D eigenvalue weighted by Crippen LogP contribution is -2.11. The Bertz CT molecular complexity index is 1140. The molecule has 0 aliphatic rings. The number of carbonyl (C=O) groups excluding carboxylic acids is 1. The highest BCUT2D eigenvalue weighted by Crippen LogP contribution is 2.27. The quantitative estimate of drug-likeness (QED) is 0.486. The Hall–Kier alpha value is -3.31. The highest BCUT2D eigenvalue weighted by Gasteiger charge is 2.10. The van der Waals surface area contributed by atoms with Gasteiger partial charge in [-0.1, -0.05) is 29.8 Å². The van der Waals surface area contributed by atoms with Crippen molar-refractivity contribution < 1.29 is 9.53 Å². The summed E-state index contributed by atoms with van der Waals surface area (Å²) in [5, 5.41) is 3.60. The molecule has 0 radical (unpaired) electrons. The fraction of sp³-hybridized carbons (Fsp3) is 0.0909. The van der Waals surface area contributed by atoms with Crippen LogP contribution in [0.25, 0.3) is 22.4 Å². The molecule has 1 heterocycles. The van der Waals surface area contributed by atoms with Gasteiger partial charge < -0.3 is 15.0 Å². The molecule has 6 heteroatoms. The number of aromatic amines is 1. The van der Waals surface area contributed by atoms with Crippen molar-refractivity contribution >= 4 is 34.2 Å². The Labute approximate surface area is 167 Å². The van der Waals surface area contributed by atoms with Crippen molar-refractivity contribution in [2.24, 2.45) is 0 Å². The standard InChI is InChI=1S/C22H18ClN3O2/c1-13-9-19-20(12-18(13)23)26-21(25-19)14-5-3-7-16(10-14)24-22(27)15-6-4-8-17(11-15)28-2/h3-12H,1-2H3,(H,24,27)(H,25,26). The molecule has 0 fully saturated rings. The first-order chi connectivity index (χ1) is 13.5. The van der Waals surface area contributed by atoms with Crippen LogP contribution in [0.5, 0.6) is 5.75 Å². The van der Waals surface area contributed by atoms with Crippen molar-refractivity contribution in [1.29, 1.82) is 0 Å². The Morgan fingerprint density at radius 3 is 2.75 bits per heavy atom. The topological polar surface area (TPSA) is 67.0 Å². The van der Waals surface area contributed by atoms with E-state index in [0.717, 1.165) is 22.2 Å². The van der Waals surface area contributed by atoms with E-state index in [9.17, 15) is 4.79 Å². The van der Waals surface area contributed by atoms with Gasteiger partial charge in [-0.3, -0.25) is 4.79 Å². The third-order valence-electron chi connectivity index (χ3n) is 4.49. The van der Waals surface area contributed by atoms with Crippen LogP contribution < -0.4 is 10.1 Å². The van der Waals surface area contributed by atoms with E-state index >= 15 is 0 Å². The number of nitrogens with one attached hydrogen (secondary N) is 2. The summed E-state index contributed by atoms with van der Waals surface area (Å²) in [5.74, 6) is 1.15. The lowest BCUT2D eigenvalue weighted by atomic mass is 10.1. The minimum absolute atomic E-state index is 0.205. The monoisotopic (exact) mass is 391 g/mol. The molecule has 0 saturated heterocycles. The number of benzene rings is 3. The zero-order chi connectivity index (χ0) is 19.7. The highest BCUT2D eigenvalue weighted by atomic mass is 35.5. The minimum Gasteiger partial charge on any atom is -0.497 e. The van der Waals surface area contributed by atoms with Crippen LogP contribution in [-0.2, 0) is 0 Å². The van der Waals surface area contributed by atoms with E-state index in [2.05, 4.69) is 15.3 Å². The van der Waals surface area contributed by atoms with Crippen molar-refractivity contribution in [2.75, 3.05) is 12.4 Å². The molecule has 0 spiro atoms. The van der Waals surface area contributed by atoms with Crippen molar-refractivity contribution in [3.63, 3.8) is 0 Å². The molecule has 4 aromatic rings. The molecule has 28 heavy (non-hydrogen) atoms. The minimum atomic E-state index is -0.205. The van der Waals surface area contributed by atoms with Gasteiger partial charge in [0, 0.05) is 21.8 Å². The van der Waals surface area contributed by atoms with Gasteiger partial charge in [-0.05, 0) is 55.0 Å². The molecule has 140 valence electrons. The van der Waals surface area contributed by atoms with E-state index in [1.54, 1.807) is 31.4 Å². The van der Waals surface area contributed by atoms with Gasteiger partial charge in [-0.25, -0.2) is 4.98 Å². The second kappa shape index (κ2) is 7.37. The molecule has 2 N–H and O–H groups in total. The largest absolute Gasteiger partial charge is 0.497 e. The number of anilines is 1. The van der Waals surface area contributed by atoms with Gasteiger partial charge in [-0.2, -0.15) is 0 Å². The molecule has 0 aliphatic heterocycles. The fourth-order valence-electron chi connectivity index (χ4n) is 2.99. The van der Waals surface area contributed by atoms with Crippen LogP contribution in [0, 0.1) is 6.92 Å². The number of ether oxygens (including phenoxy) is 1. The average molecular weight is 392 g/mol. The van der Waals surface area contributed by atoms with Crippen molar-refractivity contribution in [1.82, 2.24) is 9.97 Å². The van der Waals surface area contributed by atoms with E-state index in [-0.39, 0.29) is 5.91 Å². The predicted octanol–water partition coefficient (Wildman–Crippen LogP) is 5.45. The van der Waals surface area contributed by atoms with Gasteiger partial charge in [0.2, 0.25) is 0 Å². The molecule has 5 nitrogen and oxygen atoms in total. The van der Waals surface area contributed by atoms with Crippen molar-refractivity contribution in [3.8, 4) is 17.1 Å². The molecule has 0 bridgehead atoms. The molecule has 1 amide bonds. The number of nitrogens with zero attached hydrogens (tertiary/aromatic N) is 1. The van der Waals surface area contributed by atoms with Gasteiger partial charge in [-0.15, -0.1) is 0 Å². The Kier molecular flexibility index (Phi) is 4.75. The molecule has 4 rings (SSSR count). The first kappa shape index (κ1) is 18.1. The summed E-state index contributed by atoms with van der Waals surface area (Å²) in [6.45, 7) is 1.96. The van der Waals surface area contributed by atoms with Crippen LogP contribution in [0.15, 0.2) is 60.7 Å². The van der Waals surface area contributed by atoms with Gasteiger partial charge >= 0.3 is 0 Å². The maximum atomic E-state index is 12.5. The number of imidazole rings is 1. The number of aryl methyl sites for hydroxylation is 1. The number of rotatable bonds is 4. The Morgan fingerprint density at radius 1 is 1.11 bits per heavy atom. The summed E-state index contributed by atoms with van der Waals surface area (Å²) in [5.41, 5.74) is 4.79. The molecule has 0 saturated carbocycles. The van der Waals surface area contributed by atoms with E-state index < -0.39 is 0 Å². The van der Waals surface area contributed by atoms with Gasteiger partial charge in [0.1, 0.15) is 11.6 Å². The van der Waals surface area contributed by atoms with Gasteiger partial charge in [0.05, 0.1) is 18.1 Å². The zero-order valence-corrected chi connectivity index (χ0v) is 16.2. The molecule has 3 aromatic carbocycles. The van der Waals surface area contributed by atoms with Crippen LogP contribution in [-0.4, -0.2) is 23.0 Å². The lowest BCUT2D eigenvalue weighted by Gasteiger charge is -2.08. The number of carbonyl (C=O) groups is 1. The summed E-state index contributed by atoms with van der Waals surface area (Å²) in [6, 6.07) is 18.4. The van der Waals surface area contributed by atoms with Gasteiger partial charge in [0.25, 0.3) is 5.91 Å². The van der Waals surface area contributed by atoms with Crippen LogP contribution in [0.1, 0.15) is 15.9 Å². The van der Waals surface area contributed by atoms with Crippen LogP contribution >= 0.6 is 11.6 Å². The Balaban J connectivity index is 1.61. The number of hydrogen-bond donors (Lipinski definition) is 2. The summed E-state index contributed by atoms with van der Waals surface area (Å²) < 4.78 is 5.18. The highest BCUT2D eigenvalue weighted by molar-refractivity contribution is 6.32. The van der Waals surface area contributed by atoms with Crippen LogP contribution in [0.3, 0.4) is 0 Å². The third-order valence-corrected chi connectivity index (χ3v) is 4.90. The van der Waals surface area contributed by atoms with Crippen molar-refractivity contribution in [3.05, 3.63) is 76.8 Å². The molecule has 0 aliphatic carbocycles. The fourth-order valence-corrected chi connectivity index (χ4v) is 3.15. The number of halogens is 1. The first-order valence-electron chi connectivity index (χ1n) is 8.75. The maximum absolute atomic E-state index is 12.5. The molecular weight excluding hydrogens is 374 g/mol. The average Bonchev–Trinajstić information content (AvgIpc) is 3.11. The first-order valence-corrected chi connectivity index (χ1v) is 9.13. The molecule has 0 atom stereocenters. The predicted molar refractivity (Wildman–Crippen MR) is 112 cm³/mol. The second-order valence-electron chi connectivity index (χ2n) is 6.47. The van der Waals surface area contributed by atoms with E-state index in [0.29, 0.717) is 27.8 Å². The number of fused-ring (bicyclic) bond motifs is 1. The van der Waals surface area contributed by atoms with E-state index in [1.807, 2.05) is 43.3 Å². The number of aromatic nitrogens is 2. The van der Waals surface area contributed by atoms with E-state index in [1.165, 1.54) is 0 Å². The summed E-state index contributed by atoms with van der Waals surface area (Å²) >= 11 is 6.19. The summed E-state index contributed by atoms with van der Waals surface area (Å²) in [7, 11) is 1.57. The number of amides is 1. The van der Waals surface area contributed by atoms with Crippen molar-refractivity contribution in [2.45, 2.75) is 6.92 Å². The summed E-state index contributed by atoms with van der Waals surface area (Å²) in [4.78, 5) is 20.5. The van der Waals surface area contributed by atoms with E-state index in [4.69, 9.17) is 16.3 Å². The zero-order valence-electron chi connectivity index (χ0n) is 15.4. The number of methoxy groups -OCH3 is 1. The van der Waals surface area contributed by atoms with Crippen LogP contribution in [0.4, 0.5) is 5.69 Å². The Morgan fingerprint density at radius 2 is 1.93 bits per heavy atom. The third kappa shape index (κ3) is 3.57. The SMILES string of the molecule is COc1cccc(C(=O)Nc2cccc(-c3nc4cc(Cl)c(C)cc4[nH]3)c2)c1. The second-order valence-corrected chi connectivity index (χ2v) is 6.88. The normalized spacial score (nSPS) is 10.8. The molecule has 0 unspecified atom stereocenters.